The third-order valence-corrected chi connectivity index (χ3v) is 3.14. The second-order valence-electron chi connectivity index (χ2n) is 4.41. The lowest BCUT2D eigenvalue weighted by Crippen LogP contribution is -2.01. The molecule has 0 spiro atoms. The van der Waals surface area contributed by atoms with Gasteiger partial charge < -0.3 is 9.47 Å². The molecular formula is C16H13N3O2. The number of aromatic nitrogens is 2. The Hall–Kier alpha value is -3.00. The van der Waals surface area contributed by atoms with Crippen LogP contribution in [-0.2, 0) is 6.61 Å². The largest absolute Gasteiger partial charge is 0.497 e. The Balaban J connectivity index is 1.87. The highest BCUT2D eigenvalue weighted by atomic mass is 16.5. The molecule has 2 aromatic heterocycles. The van der Waals surface area contributed by atoms with Gasteiger partial charge >= 0.3 is 0 Å². The molecule has 0 aliphatic heterocycles. The van der Waals surface area contributed by atoms with E-state index >= 15 is 0 Å². The first-order chi connectivity index (χ1) is 10.3. The van der Waals surface area contributed by atoms with Crippen molar-refractivity contribution in [3.05, 3.63) is 60.2 Å². The van der Waals surface area contributed by atoms with Crippen molar-refractivity contribution in [2.24, 2.45) is 0 Å². The average Bonchev–Trinajstić information content (AvgIpc) is 2.91. The number of imidazole rings is 1. The van der Waals surface area contributed by atoms with E-state index in [4.69, 9.17) is 14.7 Å². The van der Waals surface area contributed by atoms with Crippen molar-refractivity contribution < 1.29 is 9.47 Å². The maximum atomic E-state index is 9.12. The Kier molecular flexibility index (Phi) is 3.44. The van der Waals surface area contributed by atoms with Gasteiger partial charge in [-0.2, -0.15) is 5.26 Å². The number of nitriles is 1. The van der Waals surface area contributed by atoms with Crippen LogP contribution in [-0.4, -0.2) is 16.5 Å². The van der Waals surface area contributed by atoms with Crippen LogP contribution in [0, 0.1) is 11.3 Å². The van der Waals surface area contributed by atoms with E-state index in [1.807, 2.05) is 47.0 Å². The van der Waals surface area contributed by atoms with Crippen molar-refractivity contribution in [3.63, 3.8) is 0 Å². The van der Waals surface area contributed by atoms with Crippen molar-refractivity contribution in [2.45, 2.75) is 6.61 Å². The molecule has 0 aliphatic carbocycles. The predicted molar refractivity (Wildman–Crippen MR) is 77.2 cm³/mol. The summed E-state index contributed by atoms with van der Waals surface area (Å²) in [7, 11) is 1.61. The Morgan fingerprint density at radius 2 is 2.05 bits per heavy atom. The lowest BCUT2D eigenvalue weighted by atomic mass is 10.3. The van der Waals surface area contributed by atoms with E-state index in [2.05, 4.69) is 11.1 Å². The molecule has 0 bridgehead atoms. The summed E-state index contributed by atoms with van der Waals surface area (Å²) in [5, 5.41) is 9.12. The number of fused-ring (bicyclic) bond motifs is 1. The molecule has 0 saturated carbocycles. The van der Waals surface area contributed by atoms with Gasteiger partial charge in [-0.25, -0.2) is 4.98 Å². The first kappa shape index (κ1) is 13.0. The van der Waals surface area contributed by atoms with Gasteiger partial charge in [-0.3, -0.25) is 4.40 Å². The normalized spacial score (nSPS) is 10.3. The number of methoxy groups -OCH3 is 1. The standard InChI is InChI=1S/C16H13N3O2/c1-20-12-5-4-6-13(9-12)21-11-16-18-14(10-17)15-7-2-3-8-19(15)16/h2-9H,11H2,1H3. The second-order valence-corrected chi connectivity index (χ2v) is 4.41. The van der Waals surface area contributed by atoms with Crippen LogP contribution in [0.4, 0.5) is 0 Å². The number of nitrogens with zero attached hydrogens (tertiary/aromatic N) is 3. The van der Waals surface area contributed by atoms with Crippen LogP contribution in [0.25, 0.3) is 5.52 Å². The molecule has 3 rings (SSSR count). The summed E-state index contributed by atoms with van der Waals surface area (Å²) in [5.41, 5.74) is 1.18. The lowest BCUT2D eigenvalue weighted by molar-refractivity contribution is 0.293. The molecule has 0 radical (unpaired) electrons. The Bertz CT molecular complexity index is 818. The Labute approximate surface area is 122 Å². The summed E-state index contributed by atoms with van der Waals surface area (Å²) in [4.78, 5) is 4.31. The fraction of sp³-hybridized carbons (Fsp3) is 0.125. The molecule has 2 heterocycles. The zero-order valence-electron chi connectivity index (χ0n) is 11.5. The van der Waals surface area contributed by atoms with Crippen LogP contribution in [0.1, 0.15) is 11.5 Å². The van der Waals surface area contributed by atoms with Gasteiger partial charge in [0, 0.05) is 12.3 Å². The Morgan fingerprint density at radius 1 is 1.19 bits per heavy atom. The molecule has 21 heavy (non-hydrogen) atoms. The molecule has 0 aliphatic rings. The van der Waals surface area contributed by atoms with Gasteiger partial charge in [-0.05, 0) is 24.3 Å². The van der Waals surface area contributed by atoms with Crippen LogP contribution in [0.5, 0.6) is 11.5 Å². The molecule has 0 saturated heterocycles. The third kappa shape index (κ3) is 2.51. The summed E-state index contributed by atoms with van der Waals surface area (Å²) >= 11 is 0. The van der Waals surface area contributed by atoms with Crippen LogP contribution in [0.2, 0.25) is 0 Å². The minimum atomic E-state index is 0.278. The van der Waals surface area contributed by atoms with E-state index in [-0.39, 0.29) is 6.61 Å². The maximum absolute atomic E-state index is 9.12. The quantitative estimate of drug-likeness (QED) is 0.736. The minimum Gasteiger partial charge on any atom is -0.497 e. The van der Waals surface area contributed by atoms with Gasteiger partial charge in [-0.15, -0.1) is 0 Å². The van der Waals surface area contributed by atoms with Gasteiger partial charge in [-0.1, -0.05) is 12.1 Å². The van der Waals surface area contributed by atoms with Crippen LogP contribution < -0.4 is 9.47 Å². The summed E-state index contributed by atoms with van der Waals surface area (Å²) in [6.07, 6.45) is 1.87. The van der Waals surface area contributed by atoms with E-state index in [9.17, 15) is 0 Å². The van der Waals surface area contributed by atoms with E-state index in [1.165, 1.54) is 0 Å². The first-order valence-electron chi connectivity index (χ1n) is 6.45. The molecule has 0 atom stereocenters. The fourth-order valence-corrected chi connectivity index (χ4v) is 2.12. The maximum Gasteiger partial charge on any atom is 0.166 e. The van der Waals surface area contributed by atoms with Gasteiger partial charge in [0.05, 0.1) is 12.6 Å². The third-order valence-electron chi connectivity index (χ3n) is 3.14. The number of ether oxygens (including phenoxy) is 2. The number of benzene rings is 1. The summed E-state index contributed by atoms with van der Waals surface area (Å²) in [5.74, 6) is 2.11. The SMILES string of the molecule is COc1cccc(OCc2nc(C#N)c3ccccn23)c1. The van der Waals surface area contributed by atoms with Crippen LogP contribution in [0.15, 0.2) is 48.7 Å². The fourth-order valence-electron chi connectivity index (χ4n) is 2.12. The molecule has 104 valence electrons. The van der Waals surface area contributed by atoms with Crippen molar-refractivity contribution in [1.82, 2.24) is 9.38 Å². The van der Waals surface area contributed by atoms with Crippen molar-refractivity contribution in [1.29, 1.82) is 5.26 Å². The van der Waals surface area contributed by atoms with Crippen LogP contribution >= 0.6 is 0 Å². The van der Waals surface area contributed by atoms with E-state index in [0.29, 0.717) is 17.3 Å². The monoisotopic (exact) mass is 279 g/mol. The zero-order chi connectivity index (χ0) is 14.7. The van der Waals surface area contributed by atoms with E-state index in [0.717, 1.165) is 11.3 Å². The molecule has 5 heteroatoms. The van der Waals surface area contributed by atoms with Gasteiger partial charge in [0.15, 0.2) is 11.5 Å². The summed E-state index contributed by atoms with van der Waals surface area (Å²) < 4.78 is 12.7. The molecule has 1 aromatic carbocycles. The van der Waals surface area contributed by atoms with Gasteiger partial charge in [0.25, 0.3) is 0 Å². The highest BCUT2D eigenvalue weighted by Crippen LogP contribution is 2.20. The van der Waals surface area contributed by atoms with Crippen molar-refractivity contribution in [2.75, 3.05) is 7.11 Å². The van der Waals surface area contributed by atoms with E-state index < -0.39 is 0 Å². The molecule has 5 nitrogen and oxygen atoms in total. The smallest absolute Gasteiger partial charge is 0.166 e. The molecule has 0 N–H and O–H groups in total. The average molecular weight is 279 g/mol. The number of hydrogen-bond acceptors (Lipinski definition) is 4. The summed E-state index contributed by atoms with van der Waals surface area (Å²) in [6.45, 7) is 0.278. The topological polar surface area (TPSA) is 59.5 Å². The van der Waals surface area contributed by atoms with Crippen molar-refractivity contribution >= 4 is 5.52 Å². The summed E-state index contributed by atoms with van der Waals surface area (Å²) in [6, 6.07) is 15.1. The highest BCUT2D eigenvalue weighted by Gasteiger charge is 2.10. The molecule has 0 fully saturated rings. The number of rotatable bonds is 4. The lowest BCUT2D eigenvalue weighted by Gasteiger charge is -2.07. The molecule has 0 unspecified atom stereocenters. The van der Waals surface area contributed by atoms with E-state index in [1.54, 1.807) is 13.2 Å². The molecule has 3 aromatic rings. The Morgan fingerprint density at radius 3 is 2.86 bits per heavy atom. The zero-order valence-corrected chi connectivity index (χ0v) is 11.5. The second kappa shape index (κ2) is 5.55. The molecule has 0 amide bonds. The van der Waals surface area contributed by atoms with Crippen LogP contribution in [0.3, 0.4) is 0 Å². The number of hydrogen-bond donors (Lipinski definition) is 0. The number of pyridine rings is 1. The van der Waals surface area contributed by atoms with Gasteiger partial charge in [0.2, 0.25) is 0 Å². The first-order valence-corrected chi connectivity index (χ1v) is 6.45. The highest BCUT2D eigenvalue weighted by molar-refractivity contribution is 5.58. The minimum absolute atomic E-state index is 0.278. The van der Waals surface area contributed by atoms with Crippen molar-refractivity contribution in [3.8, 4) is 17.6 Å². The van der Waals surface area contributed by atoms with Gasteiger partial charge in [0.1, 0.15) is 24.2 Å². The predicted octanol–water partition coefficient (Wildman–Crippen LogP) is 2.79. The molecular weight excluding hydrogens is 266 g/mol.